The SMILES string of the molecule is COc1ccc(C[C@]2(CCC(=O)NCCc3ccc(C(F)(F)F)cc3)CCC(=O)N2)cc1. The minimum absolute atomic E-state index is 0.0128. The lowest BCUT2D eigenvalue weighted by molar-refractivity contribution is -0.137. The first-order chi connectivity index (χ1) is 15.2. The molecule has 1 fully saturated rings. The van der Waals surface area contributed by atoms with Crippen molar-refractivity contribution in [1.82, 2.24) is 10.6 Å². The zero-order valence-corrected chi connectivity index (χ0v) is 17.9. The second kappa shape index (κ2) is 10.1. The summed E-state index contributed by atoms with van der Waals surface area (Å²) >= 11 is 0. The predicted octanol–water partition coefficient (Wildman–Crippen LogP) is 4.04. The molecule has 0 radical (unpaired) electrons. The van der Waals surface area contributed by atoms with Crippen molar-refractivity contribution in [3.8, 4) is 5.75 Å². The van der Waals surface area contributed by atoms with Crippen LogP contribution in [0, 0.1) is 0 Å². The maximum absolute atomic E-state index is 12.6. The highest BCUT2D eigenvalue weighted by atomic mass is 19.4. The van der Waals surface area contributed by atoms with Crippen LogP contribution in [0.2, 0.25) is 0 Å². The van der Waals surface area contributed by atoms with Crippen LogP contribution in [0.15, 0.2) is 48.5 Å². The smallest absolute Gasteiger partial charge is 0.416 e. The Kier molecular flexibility index (Phi) is 7.43. The van der Waals surface area contributed by atoms with Gasteiger partial charge >= 0.3 is 6.18 Å². The zero-order valence-electron chi connectivity index (χ0n) is 17.9. The van der Waals surface area contributed by atoms with Gasteiger partial charge in [0.15, 0.2) is 0 Å². The Balaban J connectivity index is 1.49. The molecule has 5 nitrogen and oxygen atoms in total. The van der Waals surface area contributed by atoms with Gasteiger partial charge in [-0.2, -0.15) is 13.2 Å². The van der Waals surface area contributed by atoms with E-state index in [9.17, 15) is 22.8 Å². The van der Waals surface area contributed by atoms with Crippen LogP contribution in [-0.2, 0) is 28.6 Å². The number of carbonyl (C=O) groups excluding carboxylic acids is 2. The van der Waals surface area contributed by atoms with Gasteiger partial charge in [0.2, 0.25) is 11.8 Å². The lowest BCUT2D eigenvalue weighted by Gasteiger charge is -2.29. The normalized spacial score (nSPS) is 18.3. The Morgan fingerprint density at radius 2 is 1.75 bits per heavy atom. The summed E-state index contributed by atoms with van der Waals surface area (Å²) in [5, 5.41) is 5.87. The number of rotatable bonds is 9. The van der Waals surface area contributed by atoms with Crippen molar-refractivity contribution < 1.29 is 27.5 Å². The lowest BCUT2D eigenvalue weighted by atomic mass is 9.85. The molecule has 0 aliphatic carbocycles. The molecular formula is C24H27F3N2O3. The van der Waals surface area contributed by atoms with Gasteiger partial charge in [-0.15, -0.1) is 0 Å². The van der Waals surface area contributed by atoms with E-state index in [1.54, 1.807) is 7.11 Å². The maximum atomic E-state index is 12.6. The fourth-order valence-corrected chi connectivity index (χ4v) is 3.96. The number of carbonyl (C=O) groups is 2. The lowest BCUT2D eigenvalue weighted by Crippen LogP contribution is -2.44. The standard InChI is InChI=1S/C24H27F3N2O3/c1-32-20-8-4-18(5-9-20)16-23(14-11-22(31)29-23)13-10-21(30)28-15-12-17-2-6-19(7-3-17)24(25,26)27/h2-9H,10-16H2,1H3,(H,28,30)(H,29,31)/t23-/m0/s1. The van der Waals surface area contributed by atoms with Gasteiger partial charge in [-0.3, -0.25) is 9.59 Å². The van der Waals surface area contributed by atoms with E-state index in [4.69, 9.17) is 4.74 Å². The number of hydrogen-bond donors (Lipinski definition) is 2. The van der Waals surface area contributed by atoms with Crippen LogP contribution < -0.4 is 15.4 Å². The van der Waals surface area contributed by atoms with Crippen molar-refractivity contribution in [3.63, 3.8) is 0 Å². The van der Waals surface area contributed by atoms with E-state index in [-0.39, 0.29) is 18.2 Å². The molecule has 2 N–H and O–H groups in total. The third kappa shape index (κ3) is 6.48. The number of hydrogen-bond acceptors (Lipinski definition) is 3. The molecule has 1 saturated heterocycles. The third-order valence-electron chi connectivity index (χ3n) is 5.78. The molecule has 2 aromatic carbocycles. The maximum Gasteiger partial charge on any atom is 0.416 e. The molecule has 1 aliphatic rings. The summed E-state index contributed by atoms with van der Waals surface area (Å²) in [5.41, 5.74) is 0.621. The molecule has 0 spiro atoms. The minimum Gasteiger partial charge on any atom is -0.497 e. The van der Waals surface area contributed by atoms with Crippen LogP contribution in [-0.4, -0.2) is 31.0 Å². The van der Waals surface area contributed by atoms with Crippen molar-refractivity contribution in [2.75, 3.05) is 13.7 Å². The van der Waals surface area contributed by atoms with Gasteiger partial charge in [0.25, 0.3) is 0 Å². The van der Waals surface area contributed by atoms with Crippen LogP contribution in [0.1, 0.15) is 42.4 Å². The highest BCUT2D eigenvalue weighted by Gasteiger charge is 2.37. The molecule has 1 aliphatic heterocycles. The number of benzene rings is 2. The van der Waals surface area contributed by atoms with Crippen molar-refractivity contribution in [2.24, 2.45) is 0 Å². The summed E-state index contributed by atoms with van der Waals surface area (Å²) in [6, 6.07) is 12.6. The summed E-state index contributed by atoms with van der Waals surface area (Å²) in [7, 11) is 1.60. The number of ether oxygens (including phenoxy) is 1. The zero-order chi connectivity index (χ0) is 23.2. The van der Waals surface area contributed by atoms with Crippen molar-refractivity contribution in [2.45, 2.75) is 50.2 Å². The van der Waals surface area contributed by atoms with Crippen molar-refractivity contribution in [3.05, 3.63) is 65.2 Å². The summed E-state index contributed by atoms with van der Waals surface area (Å²) in [6.45, 7) is 0.335. The Hall–Kier alpha value is -3.03. The summed E-state index contributed by atoms with van der Waals surface area (Å²) in [4.78, 5) is 24.3. The molecule has 1 heterocycles. The van der Waals surface area contributed by atoms with E-state index in [1.165, 1.54) is 12.1 Å². The van der Waals surface area contributed by atoms with Gasteiger partial charge in [0.1, 0.15) is 5.75 Å². The van der Waals surface area contributed by atoms with Gasteiger partial charge in [-0.1, -0.05) is 24.3 Å². The highest BCUT2D eigenvalue weighted by Crippen LogP contribution is 2.30. The van der Waals surface area contributed by atoms with Crippen LogP contribution in [0.4, 0.5) is 13.2 Å². The van der Waals surface area contributed by atoms with Gasteiger partial charge in [-0.25, -0.2) is 0 Å². The average Bonchev–Trinajstić information content (AvgIpc) is 3.13. The molecule has 0 aromatic heterocycles. The largest absolute Gasteiger partial charge is 0.497 e. The molecule has 2 aromatic rings. The second-order valence-corrected chi connectivity index (χ2v) is 8.15. The Morgan fingerprint density at radius 3 is 2.31 bits per heavy atom. The van der Waals surface area contributed by atoms with Gasteiger partial charge in [-0.05, 0) is 61.1 Å². The number of alkyl halides is 3. The first-order valence-electron chi connectivity index (χ1n) is 10.6. The molecular weight excluding hydrogens is 421 g/mol. The van der Waals surface area contributed by atoms with Gasteiger partial charge < -0.3 is 15.4 Å². The molecule has 8 heteroatoms. The first-order valence-corrected chi connectivity index (χ1v) is 10.6. The van der Waals surface area contributed by atoms with E-state index in [1.807, 2.05) is 24.3 Å². The monoisotopic (exact) mass is 448 g/mol. The number of nitrogens with one attached hydrogen (secondary N) is 2. The molecule has 0 saturated carbocycles. The fraction of sp³-hybridized carbons (Fsp3) is 0.417. The van der Waals surface area contributed by atoms with Crippen molar-refractivity contribution in [1.29, 1.82) is 0 Å². The number of halogens is 3. The summed E-state index contributed by atoms with van der Waals surface area (Å²) in [6.07, 6.45) is -1.42. The Labute approximate surface area is 185 Å². The van der Waals surface area contributed by atoms with Crippen LogP contribution >= 0.6 is 0 Å². The predicted molar refractivity (Wildman–Crippen MR) is 114 cm³/mol. The topological polar surface area (TPSA) is 67.4 Å². The van der Waals surface area contributed by atoms with E-state index < -0.39 is 17.3 Å². The van der Waals surface area contributed by atoms with E-state index in [0.717, 1.165) is 29.0 Å². The van der Waals surface area contributed by atoms with Gasteiger partial charge in [0, 0.05) is 24.9 Å². The molecule has 2 amide bonds. The second-order valence-electron chi connectivity index (χ2n) is 8.15. The van der Waals surface area contributed by atoms with Crippen LogP contribution in [0.5, 0.6) is 5.75 Å². The molecule has 172 valence electrons. The molecule has 1 atom stereocenters. The number of amides is 2. The van der Waals surface area contributed by atoms with E-state index in [2.05, 4.69) is 10.6 Å². The van der Waals surface area contributed by atoms with E-state index >= 15 is 0 Å². The van der Waals surface area contributed by atoms with Gasteiger partial charge in [0.05, 0.1) is 12.7 Å². The number of methoxy groups -OCH3 is 1. The minimum atomic E-state index is -4.36. The van der Waals surface area contributed by atoms with Crippen LogP contribution in [0.25, 0.3) is 0 Å². The highest BCUT2D eigenvalue weighted by molar-refractivity contribution is 5.80. The Morgan fingerprint density at radius 1 is 1.09 bits per heavy atom. The summed E-state index contributed by atoms with van der Waals surface area (Å²) in [5.74, 6) is 0.596. The molecule has 0 unspecified atom stereocenters. The first kappa shape index (κ1) is 23.6. The quantitative estimate of drug-likeness (QED) is 0.608. The fourth-order valence-electron chi connectivity index (χ4n) is 3.96. The Bertz CT molecular complexity index is 927. The average molecular weight is 448 g/mol. The van der Waals surface area contributed by atoms with Crippen LogP contribution in [0.3, 0.4) is 0 Å². The molecule has 0 bridgehead atoms. The van der Waals surface area contributed by atoms with E-state index in [0.29, 0.717) is 38.6 Å². The van der Waals surface area contributed by atoms with Crippen molar-refractivity contribution >= 4 is 11.8 Å². The molecule has 3 rings (SSSR count). The molecule has 32 heavy (non-hydrogen) atoms. The third-order valence-corrected chi connectivity index (χ3v) is 5.78. The summed E-state index contributed by atoms with van der Waals surface area (Å²) < 4.78 is 43.1.